The summed E-state index contributed by atoms with van der Waals surface area (Å²) >= 11 is 0. The van der Waals surface area contributed by atoms with Gasteiger partial charge in [-0.25, -0.2) is 4.79 Å². The lowest BCUT2D eigenvalue weighted by atomic mass is 10.1. The second kappa shape index (κ2) is 8.53. The maximum atomic E-state index is 12.5. The van der Waals surface area contributed by atoms with Crippen LogP contribution in [0.5, 0.6) is 5.75 Å². The Bertz CT molecular complexity index is 873. The third-order valence-corrected chi connectivity index (χ3v) is 4.27. The number of aliphatic carboxylic acids is 1. The van der Waals surface area contributed by atoms with E-state index in [-0.39, 0.29) is 18.1 Å². The minimum absolute atomic E-state index is 0.156. The Labute approximate surface area is 161 Å². The van der Waals surface area contributed by atoms with E-state index < -0.39 is 24.0 Å². The van der Waals surface area contributed by atoms with Crippen molar-refractivity contribution >= 4 is 23.5 Å². The van der Waals surface area contributed by atoms with Gasteiger partial charge in [-0.3, -0.25) is 9.59 Å². The van der Waals surface area contributed by atoms with Crippen LogP contribution < -0.4 is 15.4 Å². The fourth-order valence-electron chi connectivity index (χ4n) is 2.87. The number of methoxy groups -OCH3 is 1. The highest BCUT2D eigenvalue weighted by Gasteiger charge is 2.29. The second-order valence-corrected chi connectivity index (χ2v) is 6.31. The van der Waals surface area contributed by atoms with Crippen molar-refractivity contribution in [3.05, 3.63) is 59.7 Å². The number of rotatable bonds is 7. The summed E-state index contributed by atoms with van der Waals surface area (Å²) < 4.78 is 10.4. The first-order valence-corrected chi connectivity index (χ1v) is 8.66. The molecule has 0 fully saturated rings. The van der Waals surface area contributed by atoms with Crippen LogP contribution in [-0.4, -0.2) is 48.8 Å². The quantitative estimate of drug-likeness (QED) is 0.666. The van der Waals surface area contributed by atoms with Gasteiger partial charge in [0.15, 0.2) is 12.1 Å². The second-order valence-electron chi connectivity index (χ2n) is 6.31. The maximum Gasteiger partial charge on any atom is 0.328 e. The van der Waals surface area contributed by atoms with Gasteiger partial charge in [0.2, 0.25) is 0 Å². The molecule has 2 atom stereocenters. The van der Waals surface area contributed by atoms with Crippen molar-refractivity contribution in [3.8, 4) is 5.75 Å². The molecule has 1 heterocycles. The molecule has 0 aliphatic carbocycles. The summed E-state index contributed by atoms with van der Waals surface area (Å²) in [4.78, 5) is 35.9. The largest absolute Gasteiger partial charge is 0.480 e. The van der Waals surface area contributed by atoms with E-state index in [9.17, 15) is 14.4 Å². The minimum Gasteiger partial charge on any atom is -0.480 e. The molecular formula is C20H20N2O6. The van der Waals surface area contributed by atoms with Crippen LogP contribution in [0.15, 0.2) is 48.5 Å². The first-order chi connectivity index (χ1) is 13.5. The van der Waals surface area contributed by atoms with Gasteiger partial charge < -0.3 is 25.2 Å². The van der Waals surface area contributed by atoms with Crippen LogP contribution in [0.2, 0.25) is 0 Å². The molecule has 1 aliphatic rings. The number of hydrogen-bond acceptors (Lipinski definition) is 5. The molecule has 0 radical (unpaired) electrons. The zero-order valence-electron chi connectivity index (χ0n) is 15.2. The molecular weight excluding hydrogens is 364 g/mol. The molecule has 8 nitrogen and oxygen atoms in total. The van der Waals surface area contributed by atoms with E-state index in [0.717, 1.165) is 5.56 Å². The van der Waals surface area contributed by atoms with Gasteiger partial charge in [0.1, 0.15) is 5.75 Å². The highest BCUT2D eigenvalue weighted by Crippen LogP contribution is 2.28. The monoisotopic (exact) mass is 384 g/mol. The Morgan fingerprint density at radius 3 is 2.71 bits per heavy atom. The average molecular weight is 384 g/mol. The van der Waals surface area contributed by atoms with Gasteiger partial charge in [0.05, 0.1) is 6.61 Å². The molecule has 146 valence electrons. The highest BCUT2D eigenvalue weighted by atomic mass is 16.5. The van der Waals surface area contributed by atoms with Crippen LogP contribution in [0.1, 0.15) is 15.9 Å². The first kappa shape index (κ1) is 19.4. The number of benzene rings is 2. The molecule has 0 saturated heterocycles. The van der Waals surface area contributed by atoms with Gasteiger partial charge in [0, 0.05) is 24.8 Å². The van der Waals surface area contributed by atoms with E-state index in [0.29, 0.717) is 17.9 Å². The number of carboxylic acids is 1. The summed E-state index contributed by atoms with van der Waals surface area (Å²) in [7, 11) is 1.35. The van der Waals surface area contributed by atoms with Crippen molar-refractivity contribution in [2.45, 2.75) is 18.6 Å². The number of hydrogen-bond donors (Lipinski definition) is 3. The Morgan fingerprint density at radius 2 is 2.00 bits per heavy atom. The lowest BCUT2D eigenvalue weighted by Gasteiger charge is -2.15. The molecule has 3 rings (SSSR count). The topological polar surface area (TPSA) is 114 Å². The lowest BCUT2D eigenvalue weighted by molar-refractivity contribution is -0.140. The standard InChI is InChI=1S/C20H20N2O6/c1-27-11-15(20(25)26)22-18(23)13-6-4-7-14(9-13)21-19(24)17-10-12-5-2-3-8-16(12)28-17/h2-9,15,17H,10-11H2,1H3,(H,21,24)(H,22,23)(H,25,26). The Hall–Kier alpha value is -3.39. The summed E-state index contributed by atoms with van der Waals surface area (Å²) in [6, 6.07) is 12.5. The molecule has 0 saturated carbocycles. The molecule has 2 amide bonds. The van der Waals surface area contributed by atoms with Crippen LogP contribution in [0.3, 0.4) is 0 Å². The van der Waals surface area contributed by atoms with E-state index in [2.05, 4.69) is 10.6 Å². The Morgan fingerprint density at radius 1 is 1.21 bits per heavy atom. The summed E-state index contributed by atoms with van der Waals surface area (Å²) in [5.41, 5.74) is 1.60. The van der Waals surface area contributed by atoms with Crippen molar-refractivity contribution in [2.75, 3.05) is 19.0 Å². The van der Waals surface area contributed by atoms with Crippen LogP contribution in [0.25, 0.3) is 0 Å². The summed E-state index contributed by atoms with van der Waals surface area (Å²) in [6.45, 7) is -0.156. The number of carbonyl (C=O) groups is 3. The Kier molecular flexibility index (Phi) is 5.90. The van der Waals surface area contributed by atoms with Crippen molar-refractivity contribution in [1.82, 2.24) is 5.32 Å². The average Bonchev–Trinajstić information content (AvgIpc) is 3.12. The van der Waals surface area contributed by atoms with E-state index in [1.165, 1.54) is 19.2 Å². The fraction of sp³-hybridized carbons (Fsp3) is 0.250. The van der Waals surface area contributed by atoms with Crippen LogP contribution in [-0.2, 0) is 20.7 Å². The predicted octanol–water partition coefficient (Wildman–Crippen LogP) is 1.46. The van der Waals surface area contributed by atoms with E-state index in [4.69, 9.17) is 14.6 Å². The van der Waals surface area contributed by atoms with Gasteiger partial charge in [0.25, 0.3) is 11.8 Å². The van der Waals surface area contributed by atoms with Gasteiger partial charge >= 0.3 is 5.97 Å². The molecule has 2 aromatic carbocycles. The van der Waals surface area contributed by atoms with Crippen molar-refractivity contribution in [3.63, 3.8) is 0 Å². The van der Waals surface area contributed by atoms with Crippen LogP contribution >= 0.6 is 0 Å². The fourth-order valence-corrected chi connectivity index (χ4v) is 2.87. The third kappa shape index (κ3) is 4.47. The van der Waals surface area contributed by atoms with E-state index in [1.807, 2.05) is 24.3 Å². The smallest absolute Gasteiger partial charge is 0.328 e. The molecule has 0 spiro atoms. The van der Waals surface area contributed by atoms with Gasteiger partial charge in [-0.1, -0.05) is 24.3 Å². The molecule has 2 aromatic rings. The highest BCUT2D eigenvalue weighted by molar-refractivity contribution is 5.99. The summed E-state index contributed by atoms with van der Waals surface area (Å²) in [5, 5.41) is 14.2. The molecule has 1 aliphatic heterocycles. The normalized spacial score (nSPS) is 15.8. The van der Waals surface area contributed by atoms with Crippen LogP contribution in [0, 0.1) is 0 Å². The molecule has 0 aromatic heterocycles. The van der Waals surface area contributed by atoms with Crippen LogP contribution in [0.4, 0.5) is 5.69 Å². The summed E-state index contributed by atoms with van der Waals surface area (Å²) in [5.74, 6) is -1.41. The number of fused-ring (bicyclic) bond motifs is 1. The first-order valence-electron chi connectivity index (χ1n) is 8.66. The molecule has 8 heteroatoms. The predicted molar refractivity (Wildman–Crippen MR) is 100 cm³/mol. The molecule has 0 bridgehead atoms. The number of ether oxygens (including phenoxy) is 2. The number of carboxylic acid groups (broad SMARTS) is 1. The number of carbonyl (C=O) groups excluding carboxylic acids is 2. The van der Waals surface area contributed by atoms with E-state index >= 15 is 0 Å². The molecule has 28 heavy (non-hydrogen) atoms. The van der Waals surface area contributed by atoms with E-state index in [1.54, 1.807) is 12.1 Å². The third-order valence-electron chi connectivity index (χ3n) is 4.27. The zero-order valence-corrected chi connectivity index (χ0v) is 15.2. The maximum absolute atomic E-state index is 12.5. The number of amides is 2. The minimum atomic E-state index is -1.20. The Balaban J connectivity index is 1.64. The van der Waals surface area contributed by atoms with Crippen molar-refractivity contribution < 1.29 is 29.0 Å². The van der Waals surface area contributed by atoms with Gasteiger partial charge in [-0.15, -0.1) is 0 Å². The zero-order chi connectivity index (χ0) is 20.1. The van der Waals surface area contributed by atoms with Gasteiger partial charge in [-0.05, 0) is 29.8 Å². The lowest BCUT2D eigenvalue weighted by Crippen LogP contribution is -2.43. The SMILES string of the molecule is COCC(NC(=O)c1cccc(NC(=O)C2Cc3ccccc3O2)c1)C(=O)O. The van der Waals surface area contributed by atoms with Crippen molar-refractivity contribution in [1.29, 1.82) is 0 Å². The number of nitrogens with one attached hydrogen (secondary N) is 2. The van der Waals surface area contributed by atoms with Crippen molar-refractivity contribution in [2.24, 2.45) is 0 Å². The molecule has 3 N–H and O–H groups in total. The number of anilines is 1. The summed E-state index contributed by atoms with van der Waals surface area (Å²) in [6.07, 6.45) is -0.174. The van der Waals surface area contributed by atoms with Gasteiger partial charge in [-0.2, -0.15) is 0 Å². The number of para-hydroxylation sites is 1. The molecule has 2 unspecified atom stereocenters.